The summed E-state index contributed by atoms with van der Waals surface area (Å²) in [5.41, 5.74) is 0.687. The Morgan fingerprint density at radius 1 is 1.06 bits per heavy atom. The van der Waals surface area contributed by atoms with Crippen molar-refractivity contribution in [3.05, 3.63) is 65.3 Å². The second-order valence-corrected chi connectivity index (χ2v) is 4.80. The van der Waals surface area contributed by atoms with E-state index in [0.717, 1.165) is 15.0 Å². The first-order chi connectivity index (χ1) is 8.34. The summed E-state index contributed by atoms with van der Waals surface area (Å²) in [6, 6.07) is 13.5. The number of fused-ring (bicyclic) bond motifs is 1. The van der Waals surface area contributed by atoms with E-state index in [0.29, 0.717) is 5.56 Å². The van der Waals surface area contributed by atoms with Crippen LogP contribution in [0.25, 0.3) is 10.1 Å². The first-order valence-electron chi connectivity index (χ1n) is 5.28. The number of aromatic nitrogens is 1. The maximum Gasteiger partial charge on any atom is 0.203 e. The average Bonchev–Trinajstić information content (AvgIpc) is 2.82. The Morgan fingerprint density at radius 3 is 2.59 bits per heavy atom. The van der Waals surface area contributed by atoms with Gasteiger partial charge in [0.15, 0.2) is 0 Å². The standard InChI is InChI=1S/C14H9NOS/c16-14(10-5-7-15-8-6-10)13-9-11-3-1-2-4-12(11)17-13/h1-9H. The van der Waals surface area contributed by atoms with Gasteiger partial charge in [-0.15, -0.1) is 11.3 Å². The fourth-order valence-electron chi connectivity index (χ4n) is 1.74. The molecule has 0 aliphatic rings. The summed E-state index contributed by atoms with van der Waals surface area (Å²) in [4.78, 5) is 16.9. The number of thiophene rings is 1. The molecule has 82 valence electrons. The van der Waals surface area contributed by atoms with Crippen molar-refractivity contribution >= 4 is 27.2 Å². The molecule has 3 heteroatoms. The van der Waals surface area contributed by atoms with Gasteiger partial charge in [0.1, 0.15) is 0 Å². The molecule has 0 N–H and O–H groups in total. The van der Waals surface area contributed by atoms with Crippen LogP contribution in [0.2, 0.25) is 0 Å². The molecule has 3 rings (SSSR count). The van der Waals surface area contributed by atoms with Gasteiger partial charge >= 0.3 is 0 Å². The first kappa shape index (κ1) is 10.2. The van der Waals surface area contributed by atoms with Gasteiger partial charge in [-0.3, -0.25) is 9.78 Å². The Bertz CT molecular complexity index is 640. The van der Waals surface area contributed by atoms with Gasteiger partial charge < -0.3 is 0 Å². The lowest BCUT2D eigenvalue weighted by atomic mass is 10.1. The second kappa shape index (κ2) is 4.11. The number of hydrogen-bond acceptors (Lipinski definition) is 3. The highest BCUT2D eigenvalue weighted by Gasteiger charge is 2.11. The zero-order chi connectivity index (χ0) is 11.7. The molecule has 0 saturated heterocycles. The Morgan fingerprint density at radius 2 is 1.82 bits per heavy atom. The van der Waals surface area contributed by atoms with Gasteiger partial charge in [-0.1, -0.05) is 18.2 Å². The van der Waals surface area contributed by atoms with Crippen molar-refractivity contribution in [3.8, 4) is 0 Å². The molecule has 0 bridgehead atoms. The maximum atomic E-state index is 12.2. The van der Waals surface area contributed by atoms with Gasteiger partial charge in [-0.2, -0.15) is 0 Å². The van der Waals surface area contributed by atoms with Gasteiger partial charge in [-0.05, 0) is 29.7 Å². The zero-order valence-corrected chi connectivity index (χ0v) is 9.78. The summed E-state index contributed by atoms with van der Waals surface area (Å²) < 4.78 is 1.14. The molecule has 0 spiro atoms. The first-order valence-corrected chi connectivity index (χ1v) is 6.09. The maximum absolute atomic E-state index is 12.2. The third-order valence-electron chi connectivity index (χ3n) is 2.59. The normalized spacial score (nSPS) is 10.6. The van der Waals surface area contributed by atoms with E-state index in [2.05, 4.69) is 4.98 Å². The van der Waals surface area contributed by atoms with Crippen LogP contribution in [-0.4, -0.2) is 10.8 Å². The number of hydrogen-bond donors (Lipinski definition) is 0. The smallest absolute Gasteiger partial charge is 0.203 e. The van der Waals surface area contributed by atoms with Crippen LogP contribution in [-0.2, 0) is 0 Å². The van der Waals surface area contributed by atoms with Gasteiger partial charge in [-0.25, -0.2) is 0 Å². The quantitative estimate of drug-likeness (QED) is 0.640. The number of pyridine rings is 1. The van der Waals surface area contributed by atoms with Crippen LogP contribution in [0.1, 0.15) is 15.2 Å². The number of carbonyl (C=O) groups is 1. The Hall–Kier alpha value is -2.00. The van der Waals surface area contributed by atoms with Crippen LogP contribution < -0.4 is 0 Å². The molecule has 0 saturated carbocycles. The molecular weight excluding hydrogens is 230 g/mol. The largest absolute Gasteiger partial charge is 0.288 e. The molecule has 0 atom stereocenters. The molecule has 2 heterocycles. The highest BCUT2D eigenvalue weighted by atomic mass is 32.1. The predicted molar refractivity (Wildman–Crippen MR) is 69.5 cm³/mol. The van der Waals surface area contributed by atoms with E-state index in [1.54, 1.807) is 24.5 Å². The van der Waals surface area contributed by atoms with Gasteiger partial charge in [0.2, 0.25) is 5.78 Å². The summed E-state index contributed by atoms with van der Waals surface area (Å²) in [6.07, 6.45) is 3.28. The van der Waals surface area contributed by atoms with E-state index in [-0.39, 0.29) is 5.78 Å². The molecule has 2 aromatic heterocycles. The van der Waals surface area contributed by atoms with E-state index in [4.69, 9.17) is 0 Å². The number of ketones is 1. The van der Waals surface area contributed by atoms with Crippen molar-refractivity contribution < 1.29 is 4.79 Å². The number of nitrogens with zero attached hydrogens (tertiary/aromatic N) is 1. The molecule has 2 nitrogen and oxygen atoms in total. The van der Waals surface area contributed by atoms with Crippen LogP contribution in [0.15, 0.2) is 54.9 Å². The SMILES string of the molecule is O=C(c1ccncc1)c1cc2ccccc2s1. The average molecular weight is 239 g/mol. The molecule has 0 unspecified atom stereocenters. The second-order valence-electron chi connectivity index (χ2n) is 3.71. The zero-order valence-electron chi connectivity index (χ0n) is 8.96. The molecule has 17 heavy (non-hydrogen) atoms. The van der Waals surface area contributed by atoms with E-state index in [1.807, 2.05) is 30.3 Å². The van der Waals surface area contributed by atoms with Crippen LogP contribution in [0.4, 0.5) is 0 Å². The summed E-state index contributed by atoms with van der Waals surface area (Å²) in [5.74, 6) is 0.0635. The van der Waals surface area contributed by atoms with Crippen molar-refractivity contribution in [1.82, 2.24) is 4.98 Å². The minimum Gasteiger partial charge on any atom is -0.288 e. The molecule has 3 aromatic rings. The lowest BCUT2D eigenvalue weighted by Gasteiger charge is -1.95. The molecule has 0 fully saturated rings. The summed E-state index contributed by atoms with van der Waals surface area (Å²) in [5, 5.41) is 1.12. The summed E-state index contributed by atoms with van der Waals surface area (Å²) >= 11 is 1.53. The molecule has 0 aliphatic carbocycles. The number of benzene rings is 1. The van der Waals surface area contributed by atoms with E-state index < -0.39 is 0 Å². The van der Waals surface area contributed by atoms with E-state index in [1.165, 1.54) is 11.3 Å². The molecule has 1 aromatic carbocycles. The Balaban J connectivity index is 2.07. The molecule has 0 amide bonds. The predicted octanol–water partition coefficient (Wildman–Crippen LogP) is 3.53. The Labute approximate surface area is 103 Å². The molecule has 0 radical (unpaired) electrons. The van der Waals surface area contributed by atoms with Crippen LogP contribution in [0.5, 0.6) is 0 Å². The van der Waals surface area contributed by atoms with Gasteiger partial charge in [0, 0.05) is 22.7 Å². The van der Waals surface area contributed by atoms with Crippen LogP contribution in [0.3, 0.4) is 0 Å². The van der Waals surface area contributed by atoms with E-state index >= 15 is 0 Å². The third kappa shape index (κ3) is 1.85. The van der Waals surface area contributed by atoms with Gasteiger partial charge in [0.25, 0.3) is 0 Å². The van der Waals surface area contributed by atoms with Crippen molar-refractivity contribution in [2.45, 2.75) is 0 Å². The van der Waals surface area contributed by atoms with Crippen molar-refractivity contribution in [1.29, 1.82) is 0 Å². The van der Waals surface area contributed by atoms with Crippen molar-refractivity contribution in [2.75, 3.05) is 0 Å². The molecule has 0 aliphatic heterocycles. The van der Waals surface area contributed by atoms with E-state index in [9.17, 15) is 4.79 Å². The van der Waals surface area contributed by atoms with Crippen molar-refractivity contribution in [2.24, 2.45) is 0 Å². The fourth-order valence-corrected chi connectivity index (χ4v) is 2.76. The lowest BCUT2D eigenvalue weighted by Crippen LogP contribution is -1.97. The highest BCUT2D eigenvalue weighted by molar-refractivity contribution is 7.21. The van der Waals surface area contributed by atoms with Gasteiger partial charge in [0.05, 0.1) is 4.88 Å². The summed E-state index contributed by atoms with van der Waals surface area (Å²) in [6.45, 7) is 0. The monoisotopic (exact) mass is 239 g/mol. The highest BCUT2D eigenvalue weighted by Crippen LogP contribution is 2.26. The van der Waals surface area contributed by atoms with Crippen LogP contribution in [0, 0.1) is 0 Å². The minimum absolute atomic E-state index is 0.0635. The number of rotatable bonds is 2. The fraction of sp³-hybridized carbons (Fsp3) is 0. The van der Waals surface area contributed by atoms with Crippen molar-refractivity contribution in [3.63, 3.8) is 0 Å². The molecular formula is C14H9NOS. The minimum atomic E-state index is 0.0635. The topological polar surface area (TPSA) is 30.0 Å². The van der Waals surface area contributed by atoms with Crippen LogP contribution >= 0.6 is 11.3 Å². The lowest BCUT2D eigenvalue weighted by molar-refractivity contribution is 0.104. The summed E-state index contributed by atoms with van der Waals surface area (Å²) in [7, 11) is 0. The Kier molecular flexibility index (Phi) is 2.46. The number of carbonyl (C=O) groups excluding carboxylic acids is 1. The third-order valence-corrected chi connectivity index (χ3v) is 3.71.